The molecule has 1 heterocycles. The zero-order chi connectivity index (χ0) is 12.5. The Morgan fingerprint density at radius 2 is 1.94 bits per heavy atom. The van der Waals surface area contributed by atoms with Crippen molar-refractivity contribution < 1.29 is 13.2 Å². The molecule has 94 valence electrons. The summed E-state index contributed by atoms with van der Waals surface area (Å²) < 4.78 is 31.9. The van der Waals surface area contributed by atoms with Crippen molar-refractivity contribution in [3.63, 3.8) is 0 Å². The highest BCUT2D eigenvalue weighted by atomic mass is 79.9. The molecular formula is C11H14BrNO3S. The molecule has 0 N–H and O–H groups in total. The quantitative estimate of drug-likeness (QED) is 0.858. The van der Waals surface area contributed by atoms with Crippen LogP contribution in [-0.4, -0.2) is 32.9 Å². The Kier molecular flexibility index (Phi) is 3.75. The third kappa shape index (κ3) is 2.48. The number of nitrogens with zero attached hydrogens (tertiary/aromatic N) is 1. The van der Waals surface area contributed by atoms with Gasteiger partial charge < -0.3 is 4.74 Å². The number of ether oxygens (including phenoxy) is 1. The predicted molar refractivity (Wildman–Crippen MR) is 68.7 cm³/mol. The second kappa shape index (κ2) is 4.96. The molecule has 0 saturated carbocycles. The maximum absolute atomic E-state index is 12.3. The Bertz CT molecular complexity index is 509. The smallest absolute Gasteiger partial charge is 0.243 e. The molecule has 1 saturated heterocycles. The number of methoxy groups -OCH3 is 1. The molecule has 1 aliphatic heterocycles. The lowest BCUT2D eigenvalue weighted by atomic mass is 10.3. The second-order valence-corrected chi connectivity index (χ2v) is 6.70. The van der Waals surface area contributed by atoms with Gasteiger partial charge in [-0.25, -0.2) is 8.42 Å². The third-order valence-electron chi connectivity index (χ3n) is 2.83. The first-order valence-corrected chi connectivity index (χ1v) is 7.62. The molecule has 0 radical (unpaired) electrons. The minimum Gasteiger partial charge on any atom is -0.496 e. The largest absolute Gasteiger partial charge is 0.496 e. The van der Waals surface area contributed by atoms with Crippen LogP contribution in [0.2, 0.25) is 0 Å². The predicted octanol–water partition coefficient (Wildman–Crippen LogP) is 2.24. The van der Waals surface area contributed by atoms with E-state index < -0.39 is 10.0 Å². The van der Waals surface area contributed by atoms with E-state index in [2.05, 4.69) is 15.9 Å². The fraction of sp³-hybridized carbons (Fsp3) is 0.455. The van der Waals surface area contributed by atoms with E-state index in [0.29, 0.717) is 23.7 Å². The van der Waals surface area contributed by atoms with Gasteiger partial charge in [0.25, 0.3) is 0 Å². The van der Waals surface area contributed by atoms with Crippen molar-refractivity contribution in [2.45, 2.75) is 17.7 Å². The molecule has 0 spiro atoms. The zero-order valence-corrected chi connectivity index (χ0v) is 11.9. The summed E-state index contributed by atoms with van der Waals surface area (Å²) in [5.74, 6) is 0.533. The average Bonchev–Trinajstić information content (AvgIpc) is 2.83. The van der Waals surface area contributed by atoms with E-state index in [0.717, 1.165) is 17.3 Å². The number of rotatable bonds is 3. The molecule has 0 unspecified atom stereocenters. The Balaban J connectivity index is 2.39. The van der Waals surface area contributed by atoms with E-state index in [1.807, 2.05) is 0 Å². The van der Waals surface area contributed by atoms with Gasteiger partial charge in [0.15, 0.2) is 0 Å². The highest BCUT2D eigenvalue weighted by Gasteiger charge is 2.27. The van der Waals surface area contributed by atoms with Gasteiger partial charge in [-0.1, -0.05) is 0 Å². The highest BCUT2D eigenvalue weighted by Crippen LogP contribution is 2.29. The Morgan fingerprint density at radius 3 is 2.53 bits per heavy atom. The van der Waals surface area contributed by atoms with E-state index in [4.69, 9.17) is 4.74 Å². The minimum absolute atomic E-state index is 0.291. The number of halogens is 1. The van der Waals surface area contributed by atoms with Crippen LogP contribution >= 0.6 is 15.9 Å². The Hall–Kier alpha value is -0.590. The van der Waals surface area contributed by atoms with Gasteiger partial charge in [0.05, 0.1) is 16.5 Å². The summed E-state index contributed by atoms with van der Waals surface area (Å²) in [5.41, 5.74) is 0. The fourth-order valence-electron chi connectivity index (χ4n) is 1.88. The van der Waals surface area contributed by atoms with Crippen LogP contribution in [0.1, 0.15) is 12.8 Å². The number of hydrogen-bond acceptors (Lipinski definition) is 3. The first-order valence-electron chi connectivity index (χ1n) is 5.39. The molecule has 1 aromatic carbocycles. The third-order valence-corrected chi connectivity index (χ3v) is 5.38. The molecule has 17 heavy (non-hydrogen) atoms. The SMILES string of the molecule is COc1cc(S(=O)(=O)N2CCCC2)ccc1Br. The normalized spacial score (nSPS) is 17.3. The lowest BCUT2D eigenvalue weighted by Gasteiger charge is -2.16. The average molecular weight is 320 g/mol. The van der Waals surface area contributed by atoms with Gasteiger partial charge in [0.1, 0.15) is 5.75 Å². The van der Waals surface area contributed by atoms with Gasteiger partial charge >= 0.3 is 0 Å². The first kappa shape index (κ1) is 12.9. The molecule has 0 amide bonds. The molecule has 0 atom stereocenters. The standard InChI is InChI=1S/C11H14BrNO3S/c1-16-11-8-9(4-5-10(11)12)17(14,15)13-6-2-3-7-13/h4-5,8H,2-3,6-7H2,1H3. The lowest BCUT2D eigenvalue weighted by Crippen LogP contribution is -2.27. The van der Waals surface area contributed by atoms with Crippen LogP contribution in [0.25, 0.3) is 0 Å². The summed E-state index contributed by atoms with van der Waals surface area (Å²) >= 11 is 3.31. The topological polar surface area (TPSA) is 46.6 Å². The molecule has 2 rings (SSSR count). The summed E-state index contributed by atoms with van der Waals surface area (Å²) in [5, 5.41) is 0. The molecule has 0 bridgehead atoms. The monoisotopic (exact) mass is 319 g/mol. The van der Waals surface area contributed by atoms with E-state index >= 15 is 0 Å². The van der Waals surface area contributed by atoms with Crippen LogP contribution in [0.15, 0.2) is 27.6 Å². The summed E-state index contributed by atoms with van der Waals surface area (Å²) in [6.45, 7) is 1.22. The molecule has 1 aliphatic rings. The van der Waals surface area contributed by atoms with E-state index in [-0.39, 0.29) is 0 Å². The van der Waals surface area contributed by atoms with Crippen molar-refractivity contribution in [3.05, 3.63) is 22.7 Å². The van der Waals surface area contributed by atoms with E-state index in [9.17, 15) is 8.42 Å². The van der Waals surface area contributed by atoms with Gasteiger partial charge in [-0.05, 0) is 40.9 Å². The molecule has 1 aromatic rings. The first-order chi connectivity index (χ1) is 8.05. The van der Waals surface area contributed by atoms with E-state index in [1.165, 1.54) is 11.4 Å². The molecule has 0 aliphatic carbocycles. The number of sulfonamides is 1. The van der Waals surface area contributed by atoms with Crippen molar-refractivity contribution in [1.82, 2.24) is 4.31 Å². The second-order valence-electron chi connectivity index (χ2n) is 3.91. The summed E-state index contributed by atoms with van der Waals surface area (Å²) in [7, 11) is -1.84. The van der Waals surface area contributed by atoms with Crippen molar-refractivity contribution in [2.75, 3.05) is 20.2 Å². The molecule has 4 nitrogen and oxygen atoms in total. The van der Waals surface area contributed by atoms with Gasteiger partial charge in [0, 0.05) is 19.2 Å². The van der Waals surface area contributed by atoms with Gasteiger partial charge in [0.2, 0.25) is 10.0 Å². The number of benzene rings is 1. The molecule has 0 aromatic heterocycles. The fourth-order valence-corrected chi connectivity index (χ4v) is 3.82. The maximum atomic E-state index is 12.3. The molecule has 1 fully saturated rings. The van der Waals surface area contributed by atoms with Crippen molar-refractivity contribution in [3.8, 4) is 5.75 Å². The van der Waals surface area contributed by atoms with Crippen LogP contribution in [-0.2, 0) is 10.0 Å². The Labute approximate surface area is 110 Å². The van der Waals surface area contributed by atoms with Crippen molar-refractivity contribution in [1.29, 1.82) is 0 Å². The van der Waals surface area contributed by atoms with Crippen molar-refractivity contribution in [2.24, 2.45) is 0 Å². The lowest BCUT2D eigenvalue weighted by molar-refractivity contribution is 0.410. The van der Waals surface area contributed by atoms with Crippen LogP contribution in [0.3, 0.4) is 0 Å². The van der Waals surface area contributed by atoms with Gasteiger partial charge in [-0.2, -0.15) is 4.31 Å². The zero-order valence-electron chi connectivity index (χ0n) is 9.52. The summed E-state index contributed by atoms with van der Waals surface area (Å²) in [6.07, 6.45) is 1.87. The number of hydrogen-bond donors (Lipinski definition) is 0. The summed E-state index contributed by atoms with van der Waals surface area (Å²) in [6, 6.07) is 4.85. The van der Waals surface area contributed by atoms with Crippen LogP contribution in [0, 0.1) is 0 Å². The van der Waals surface area contributed by atoms with Gasteiger partial charge in [-0.3, -0.25) is 0 Å². The maximum Gasteiger partial charge on any atom is 0.243 e. The van der Waals surface area contributed by atoms with Crippen LogP contribution in [0.4, 0.5) is 0 Å². The molecular weight excluding hydrogens is 306 g/mol. The Morgan fingerprint density at radius 1 is 1.29 bits per heavy atom. The van der Waals surface area contributed by atoms with Crippen LogP contribution < -0.4 is 4.74 Å². The minimum atomic E-state index is -3.36. The van der Waals surface area contributed by atoms with Crippen LogP contribution in [0.5, 0.6) is 5.75 Å². The highest BCUT2D eigenvalue weighted by molar-refractivity contribution is 9.10. The molecule has 6 heteroatoms. The van der Waals surface area contributed by atoms with Gasteiger partial charge in [-0.15, -0.1) is 0 Å². The van der Waals surface area contributed by atoms with E-state index in [1.54, 1.807) is 18.2 Å². The summed E-state index contributed by atoms with van der Waals surface area (Å²) in [4.78, 5) is 0.291. The van der Waals surface area contributed by atoms with Crippen molar-refractivity contribution >= 4 is 26.0 Å².